The van der Waals surface area contributed by atoms with E-state index in [0.29, 0.717) is 18.7 Å². The van der Waals surface area contributed by atoms with Crippen molar-refractivity contribution in [3.8, 4) is 5.75 Å². The average Bonchev–Trinajstić information content (AvgIpc) is 2.58. The van der Waals surface area contributed by atoms with Gasteiger partial charge in [0.2, 0.25) is 0 Å². The van der Waals surface area contributed by atoms with Crippen LogP contribution in [0.15, 0.2) is 40.9 Å². The van der Waals surface area contributed by atoms with Crippen molar-refractivity contribution in [3.63, 3.8) is 0 Å². The molecule has 1 heterocycles. The number of halogens is 1. The summed E-state index contributed by atoms with van der Waals surface area (Å²) in [4.78, 5) is 12.4. The van der Waals surface area contributed by atoms with Crippen molar-refractivity contribution in [3.05, 3.63) is 63.1 Å². The predicted octanol–water partition coefficient (Wildman–Crippen LogP) is 4.54. The molecule has 0 aliphatic carbocycles. The number of carbonyl (C=O) groups is 1. The Hall–Kier alpha value is -1.85. The van der Waals surface area contributed by atoms with Crippen molar-refractivity contribution in [1.82, 2.24) is 5.32 Å². The molecule has 132 valence electrons. The summed E-state index contributed by atoms with van der Waals surface area (Å²) in [6.07, 6.45) is 0. The van der Waals surface area contributed by atoms with Gasteiger partial charge in [0.25, 0.3) is 5.91 Å². The normalized spacial score (nSPS) is 13.8. The molecule has 0 saturated carbocycles. The molecule has 2 aromatic carbocycles. The van der Waals surface area contributed by atoms with E-state index in [1.807, 2.05) is 36.4 Å². The van der Waals surface area contributed by atoms with Crippen molar-refractivity contribution in [2.45, 2.75) is 39.3 Å². The second-order valence-electron chi connectivity index (χ2n) is 7.17. The highest BCUT2D eigenvalue weighted by Crippen LogP contribution is 2.31. The largest absolute Gasteiger partial charge is 0.467 e. The minimum Gasteiger partial charge on any atom is -0.467 e. The second-order valence-corrected chi connectivity index (χ2v) is 8.09. The summed E-state index contributed by atoms with van der Waals surface area (Å²) in [5.74, 6) is 0.707. The molecule has 0 aromatic heterocycles. The van der Waals surface area contributed by atoms with Gasteiger partial charge in [-0.15, -0.1) is 0 Å². The van der Waals surface area contributed by atoms with Gasteiger partial charge in [-0.1, -0.05) is 48.8 Å². The van der Waals surface area contributed by atoms with Crippen molar-refractivity contribution >= 4 is 21.8 Å². The van der Waals surface area contributed by atoms with Gasteiger partial charge >= 0.3 is 0 Å². The fourth-order valence-electron chi connectivity index (χ4n) is 2.79. The Kier molecular flexibility index (Phi) is 5.16. The lowest BCUT2D eigenvalue weighted by atomic mass is 9.87. The second kappa shape index (κ2) is 7.18. The van der Waals surface area contributed by atoms with E-state index in [2.05, 4.69) is 42.0 Å². The van der Waals surface area contributed by atoms with Crippen LogP contribution in [-0.2, 0) is 23.3 Å². The maximum atomic E-state index is 12.4. The van der Waals surface area contributed by atoms with E-state index in [4.69, 9.17) is 9.47 Å². The van der Waals surface area contributed by atoms with E-state index in [0.717, 1.165) is 21.3 Å². The molecule has 3 rings (SSSR count). The molecule has 1 amide bonds. The number of amides is 1. The van der Waals surface area contributed by atoms with Crippen LogP contribution in [0, 0.1) is 0 Å². The highest BCUT2D eigenvalue weighted by molar-refractivity contribution is 9.10. The van der Waals surface area contributed by atoms with Gasteiger partial charge in [0.15, 0.2) is 6.79 Å². The molecule has 0 unspecified atom stereocenters. The molecule has 0 bridgehead atoms. The zero-order chi connectivity index (χ0) is 18.0. The van der Waals surface area contributed by atoms with Gasteiger partial charge < -0.3 is 14.8 Å². The average molecular weight is 404 g/mol. The Morgan fingerprint density at radius 3 is 2.60 bits per heavy atom. The van der Waals surface area contributed by atoms with Gasteiger partial charge in [-0.2, -0.15) is 0 Å². The molecule has 0 spiro atoms. The first-order chi connectivity index (χ1) is 11.8. The molecule has 0 saturated heterocycles. The van der Waals surface area contributed by atoms with Gasteiger partial charge in [0.05, 0.1) is 6.61 Å². The van der Waals surface area contributed by atoms with Gasteiger partial charge in [-0.25, -0.2) is 0 Å². The molecule has 25 heavy (non-hydrogen) atoms. The van der Waals surface area contributed by atoms with E-state index in [1.54, 1.807) is 0 Å². The molecular weight excluding hydrogens is 382 g/mol. The molecule has 5 heteroatoms. The molecule has 1 aliphatic heterocycles. The summed E-state index contributed by atoms with van der Waals surface area (Å²) in [6.45, 7) is 7.63. The summed E-state index contributed by atoms with van der Waals surface area (Å²) in [5, 5.41) is 2.97. The molecular formula is C20H22BrNO3. The molecule has 2 aromatic rings. The van der Waals surface area contributed by atoms with Gasteiger partial charge in [0.1, 0.15) is 5.75 Å². The molecule has 1 aliphatic rings. The zero-order valence-corrected chi connectivity index (χ0v) is 16.3. The van der Waals surface area contributed by atoms with Crippen LogP contribution in [0.3, 0.4) is 0 Å². The third-order valence-electron chi connectivity index (χ3n) is 4.20. The van der Waals surface area contributed by atoms with Gasteiger partial charge in [0, 0.05) is 27.7 Å². The molecule has 1 N–H and O–H groups in total. The number of rotatable bonds is 3. The maximum Gasteiger partial charge on any atom is 0.251 e. The fraction of sp³-hybridized carbons (Fsp3) is 0.350. The Morgan fingerprint density at radius 1 is 1.20 bits per heavy atom. The topological polar surface area (TPSA) is 47.6 Å². The van der Waals surface area contributed by atoms with Crippen LogP contribution in [0.25, 0.3) is 0 Å². The first-order valence-electron chi connectivity index (χ1n) is 8.25. The highest BCUT2D eigenvalue weighted by atomic mass is 79.9. The Balaban J connectivity index is 1.72. The molecule has 0 radical (unpaired) electrons. The lowest BCUT2D eigenvalue weighted by molar-refractivity contribution is -0.0171. The lowest BCUT2D eigenvalue weighted by Gasteiger charge is -2.21. The monoisotopic (exact) mass is 403 g/mol. The van der Waals surface area contributed by atoms with Crippen LogP contribution >= 0.6 is 15.9 Å². The van der Waals surface area contributed by atoms with E-state index in [1.165, 1.54) is 5.56 Å². The molecule has 4 nitrogen and oxygen atoms in total. The van der Waals surface area contributed by atoms with Crippen LogP contribution in [0.5, 0.6) is 5.75 Å². The standard InChI is InChI=1S/C20H22BrNO3/c1-20(2,3)16-6-4-13(5-7-16)19(23)22-10-14-8-17(21)9-15-11-24-12-25-18(14)15/h4-9H,10-12H2,1-3H3,(H,22,23). The van der Waals surface area contributed by atoms with Gasteiger partial charge in [-0.05, 0) is 35.2 Å². The lowest BCUT2D eigenvalue weighted by Crippen LogP contribution is -2.24. The SMILES string of the molecule is CC(C)(C)c1ccc(C(=O)NCc2cc(Br)cc3c2OCOC3)cc1. The summed E-state index contributed by atoms with van der Waals surface area (Å²) in [5.41, 5.74) is 3.86. The highest BCUT2D eigenvalue weighted by Gasteiger charge is 2.18. The van der Waals surface area contributed by atoms with Crippen molar-refractivity contribution < 1.29 is 14.3 Å². The summed E-state index contributed by atoms with van der Waals surface area (Å²) in [6, 6.07) is 11.7. The first-order valence-corrected chi connectivity index (χ1v) is 9.04. The Morgan fingerprint density at radius 2 is 1.92 bits per heavy atom. The van der Waals surface area contributed by atoms with E-state index in [-0.39, 0.29) is 18.1 Å². The Labute approximate surface area is 156 Å². The van der Waals surface area contributed by atoms with Crippen LogP contribution < -0.4 is 10.1 Å². The number of carbonyl (C=O) groups excluding carboxylic acids is 1. The van der Waals surface area contributed by atoms with E-state index >= 15 is 0 Å². The van der Waals surface area contributed by atoms with Crippen LogP contribution in [0.2, 0.25) is 0 Å². The van der Waals surface area contributed by atoms with E-state index in [9.17, 15) is 4.79 Å². The van der Waals surface area contributed by atoms with Crippen LogP contribution in [-0.4, -0.2) is 12.7 Å². The minimum atomic E-state index is -0.0961. The number of ether oxygens (including phenoxy) is 2. The quantitative estimate of drug-likeness (QED) is 0.817. The number of benzene rings is 2. The number of nitrogens with one attached hydrogen (secondary N) is 1. The summed E-state index contributed by atoms with van der Waals surface area (Å²) >= 11 is 3.50. The summed E-state index contributed by atoms with van der Waals surface area (Å²) in [7, 11) is 0. The minimum absolute atomic E-state index is 0.0732. The number of fused-ring (bicyclic) bond motifs is 1. The van der Waals surface area contributed by atoms with E-state index < -0.39 is 0 Å². The van der Waals surface area contributed by atoms with Crippen molar-refractivity contribution in [2.24, 2.45) is 0 Å². The van der Waals surface area contributed by atoms with Crippen molar-refractivity contribution in [1.29, 1.82) is 0 Å². The predicted molar refractivity (Wildman–Crippen MR) is 101 cm³/mol. The van der Waals surface area contributed by atoms with Crippen molar-refractivity contribution in [2.75, 3.05) is 6.79 Å². The maximum absolute atomic E-state index is 12.4. The molecule has 0 atom stereocenters. The zero-order valence-electron chi connectivity index (χ0n) is 14.7. The number of hydrogen-bond acceptors (Lipinski definition) is 3. The van der Waals surface area contributed by atoms with Crippen LogP contribution in [0.1, 0.15) is 47.8 Å². The fourth-order valence-corrected chi connectivity index (χ4v) is 3.34. The third kappa shape index (κ3) is 4.22. The Bertz CT molecular complexity index is 779. The van der Waals surface area contributed by atoms with Gasteiger partial charge in [-0.3, -0.25) is 4.79 Å². The number of hydrogen-bond donors (Lipinski definition) is 1. The third-order valence-corrected chi connectivity index (χ3v) is 4.66. The summed E-state index contributed by atoms with van der Waals surface area (Å²) < 4.78 is 11.9. The molecule has 0 fully saturated rings. The smallest absolute Gasteiger partial charge is 0.251 e. The van der Waals surface area contributed by atoms with Crippen LogP contribution in [0.4, 0.5) is 0 Å². The first kappa shape index (κ1) is 18.0.